The molecule has 0 N–H and O–H groups in total. The highest BCUT2D eigenvalue weighted by molar-refractivity contribution is 8.68. The van der Waals surface area contributed by atoms with Gasteiger partial charge in [0.25, 0.3) is 5.56 Å². The van der Waals surface area contributed by atoms with E-state index in [1.807, 2.05) is 36.4 Å². The van der Waals surface area contributed by atoms with Gasteiger partial charge in [0.05, 0.1) is 12.0 Å². The maximum Gasteiger partial charge on any atom is 0.324 e. The zero-order valence-electron chi connectivity index (χ0n) is 21.4. The first kappa shape index (κ1) is 33.0. The number of aromatic nitrogens is 3. The Hall–Kier alpha value is -1.18. The van der Waals surface area contributed by atoms with Crippen molar-refractivity contribution in [3.8, 4) is 0 Å². The molecule has 1 unspecified atom stereocenters. The molecule has 16 heteroatoms. The Labute approximate surface area is 239 Å². The van der Waals surface area contributed by atoms with Gasteiger partial charge >= 0.3 is 5.97 Å². The van der Waals surface area contributed by atoms with E-state index in [4.69, 9.17) is 46.4 Å². The minimum atomic E-state index is -2.53. The molecule has 0 aliphatic rings. The highest BCUT2D eigenvalue weighted by Crippen LogP contribution is 2.65. The maximum absolute atomic E-state index is 12.2. The summed E-state index contributed by atoms with van der Waals surface area (Å²) < 4.78 is 27.1. The molecule has 0 saturated carbocycles. The van der Waals surface area contributed by atoms with Crippen LogP contribution in [0.1, 0.15) is 17.7 Å². The Balaban J connectivity index is 0.000000267. The van der Waals surface area contributed by atoms with Crippen molar-refractivity contribution in [2.24, 2.45) is 0 Å². The van der Waals surface area contributed by atoms with Crippen molar-refractivity contribution < 1.29 is 27.6 Å². The number of fused-ring (bicyclic) bond motifs is 1. The number of carbonyl (C=O) groups is 1. The number of benzene rings is 2. The van der Waals surface area contributed by atoms with Gasteiger partial charge in [-0.05, 0) is 59.6 Å². The summed E-state index contributed by atoms with van der Waals surface area (Å²) in [5, 5.41) is 7.86. The molecule has 0 aliphatic heterocycles. The summed E-state index contributed by atoms with van der Waals surface area (Å²) in [5.41, 5.74) is -3.73. The third kappa shape index (κ3) is 9.48. The molecule has 0 saturated heterocycles. The fourth-order valence-electron chi connectivity index (χ4n) is 2.79. The van der Waals surface area contributed by atoms with Crippen LogP contribution in [0.2, 0.25) is 0 Å². The summed E-state index contributed by atoms with van der Waals surface area (Å²) in [4.78, 5) is 24.2. The Kier molecular flexibility index (Phi) is 14.1. The first-order valence-corrected chi connectivity index (χ1v) is 19.3. The van der Waals surface area contributed by atoms with Gasteiger partial charge in [-0.3, -0.25) is 9.59 Å². The second kappa shape index (κ2) is 16.2. The summed E-state index contributed by atoms with van der Waals surface area (Å²) in [6, 6.07) is 16.4. The van der Waals surface area contributed by atoms with E-state index in [2.05, 4.69) is 10.3 Å². The van der Waals surface area contributed by atoms with Crippen molar-refractivity contribution in [2.45, 2.75) is 18.1 Å². The first-order valence-electron chi connectivity index (χ1n) is 11.0. The SMILES string of the molecule is CCOC(=O)C(SP(=S)(OC)OC)c1ccccc1.COP(=S)(OC)SCn1nnc2ccccc2c1=O. The van der Waals surface area contributed by atoms with E-state index in [0.29, 0.717) is 17.5 Å². The molecule has 0 amide bonds. The molecule has 1 aromatic heterocycles. The smallest absolute Gasteiger partial charge is 0.324 e. The van der Waals surface area contributed by atoms with Gasteiger partial charge in [0.1, 0.15) is 16.6 Å². The van der Waals surface area contributed by atoms with E-state index in [-0.39, 0.29) is 17.4 Å². The van der Waals surface area contributed by atoms with Crippen molar-refractivity contribution in [1.29, 1.82) is 0 Å². The van der Waals surface area contributed by atoms with Crippen LogP contribution in [-0.2, 0) is 57.1 Å². The summed E-state index contributed by atoms with van der Waals surface area (Å²) in [6.45, 7) is 2.10. The lowest BCUT2D eigenvalue weighted by Crippen LogP contribution is -2.23. The minimum absolute atomic E-state index is 0.202. The maximum atomic E-state index is 12.2. The van der Waals surface area contributed by atoms with Crippen LogP contribution in [0.4, 0.5) is 0 Å². The average Bonchev–Trinajstić information content (AvgIpc) is 2.96. The third-order valence-corrected chi connectivity index (χ3v) is 16.1. The normalized spacial score (nSPS) is 12.4. The molecule has 0 spiro atoms. The van der Waals surface area contributed by atoms with Gasteiger partial charge in [0, 0.05) is 28.4 Å². The molecule has 2 aromatic carbocycles. The van der Waals surface area contributed by atoms with Crippen LogP contribution in [0.15, 0.2) is 59.4 Å². The molecule has 1 atom stereocenters. The average molecular weight is 638 g/mol. The number of ether oxygens (including phenoxy) is 1. The molecule has 0 radical (unpaired) electrons. The lowest BCUT2D eigenvalue weighted by Gasteiger charge is -2.22. The van der Waals surface area contributed by atoms with E-state index in [9.17, 15) is 9.59 Å². The van der Waals surface area contributed by atoms with Crippen molar-refractivity contribution in [2.75, 3.05) is 35.0 Å². The molecule has 1 heterocycles. The van der Waals surface area contributed by atoms with Crippen LogP contribution < -0.4 is 5.56 Å². The zero-order chi connectivity index (χ0) is 28.2. The van der Waals surface area contributed by atoms with Crippen molar-refractivity contribution in [3.63, 3.8) is 0 Å². The van der Waals surface area contributed by atoms with Gasteiger partial charge in [-0.25, -0.2) is 0 Å². The predicted molar refractivity (Wildman–Crippen MR) is 161 cm³/mol. The number of rotatable bonds is 12. The molecule has 38 heavy (non-hydrogen) atoms. The Morgan fingerprint density at radius 3 is 2.11 bits per heavy atom. The Morgan fingerprint density at radius 2 is 1.53 bits per heavy atom. The van der Waals surface area contributed by atoms with E-state index in [1.165, 1.54) is 55.9 Å². The van der Waals surface area contributed by atoms with Crippen LogP contribution in [0.5, 0.6) is 0 Å². The van der Waals surface area contributed by atoms with Crippen LogP contribution in [0.25, 0.3) is 10.9 Å². The number of hydrogen-bond acceptors (Lipinski definition) is 13. The van der Waals surface area contributed by atoms with Gasteiger partial charge < -0.3 is 22.8 Å². The quantitative estimate of drug-likeness (QED) is 0.183. The van der Waals surface area contributed by atoms with E-state index >= 15 is 0 Å². The van der Waals surface area contributed by atoms with Crippen LogP contribution in [0, 0.1) is 0 Å². The van der Waals surface area contributed by atoms with Gasteiger partial charge in [0.15, 0.2) is 0 Å². The lowest BCUT2D eigenvalue weighted by atomic mass is 10.1. The van der Waals surface area contributed by atoms with Crippen molar-refractivity contribution in [1.82, 2.24) is 15.0 Å². The number of esters is 1. The topological polar surface area (TPSA) is 111 Å². The second-order valence-electron chi connectivity index (χ2n) is 6.94. The number of hydrogen-bond donors (Lipinski definition) is 0. The molecule has 208 valence electrons. The molecule has 10 nitrogen and oxygen atoms in total. The highest BCUT2D eigenvalue weighted by Gasteiger charge is 2.31. The predicted octanol–water partition coefficient (Wildman–Crippen LogP) is 5.54. The zero-order valence-corrected chi connectivity index (χ0v) is 26.5. The lowest BCUT2D eigenvalue weighted by molar-refractivity contribution is -0.142. The first-order chi connectivity index (χ1) is 18.2. The summed E-state index contributed by atoms with van der Waals surface area (Å²) in [6.07, 6.45) is 0. The summed E-state index contributed by atoms with van der Waals surface area (Å²) in [5.74, 6) is -0.0858. The highest BCUT2D eigenvalue weighted by atomic mass is 32.9. The molecule has 0 fully saturated rings. The van der Waals surface area contributed by atoms with Crippen LogP contribution >= 0.6 is 34.2 Å². The monoisotopic (exact) mass is 637 g/mol. The van der Waals surface area contributed by atoms with Gasteiger partial charge in [-0.15, -0.1) is 5.10 Å². The summed E-state index contributed by atoms with van der Waals surface area (Å²) in [7, 11) is 5.97. The Bertz CT molecular complexity index is 1330. The molecule has 0 aliphatic carbocycles. The standard InChI is InChI=1S/C12H17O4PS2.C10H12N3O3PS2/c1-4-16-12(13)11(10-8-6-5-7-9-10)19-17(18,14-2)15-3;1-15-17(18,16-2)19-7-13-10(14)8-5-3-4-6-9(8)11-12-13/h5-9,11H,4H2,1-3H3;3-6H,7H2,1-2H3. The second-order valence-corrected chi connectivity index (χ2v) is 20.0. The molecular weight excluding hydrogens is 608 g/mol. The largest absolute Gasteiger partial charge is 0.465 e. The fourth-order valence-corrected chi connectivity index (χ4v) is 9.08. The fraction of sp³-hybridized carbons (Fsp3) is 0.364. The summed E-state index contributed by atoms with van der Waals surface area (Å²) >= 11 is 13.0. The van der Waals surface area contributed by atoms with Gasteiger partial charge in [-0.2, -0.15) is 4.68 Å². The van der Waals surface area contributed by atoms with E-state index < -0.39 is 16.6 Å². The van der Waals surface area contributed by atoms with Gasteiger partial charge in [0.2, 0.25) is 11.4 Å². The van der Waals surface area contributed by atoms with Crippen molar-refractivity contribution >= 4 is 74.6 Å². The van der Waals surface area contributed by atoms with Crippen molar-refractivity contribution in [3.05, 3.63) is 70.5 Å². The number of carbonyl (C=O) groups excluding carboxylic acids is 1. The Morgan fingerprint density at radius 1 is 0.947 bits per heavy atom. The molecule has 3 rings (SSSR count). The third-order valence-electron chi connectivity index (χ3n) is 4.70. The molecule has 0 bridgehead atoms. The number of nitrogens with zero attached hydrogens (tertiary/aromatic N) is 3. The van der Waals surface area contributed by atoms with Crippen LogP contribution in [0.3, 0.4) is 0 Å². The van der Waals surface area contributed by atoms with E-state index in [1.54, 1.807) is 25.1 Å². The van der Waals surface area contributed by atoms with Crippen LogP contribution in [-0.4, -0.2) is 56.0 Å². The minimum Gasteiger partial charge on any atom is -0.465 e. The van der Waals surface area contributed by atoms with Gasteiger partial charge in [-0.1, -0.05) is 59.1 Å². The molecule has 3 aromatic rings. The molecular formula is C22H29N3O7P2S4. The van der Waals surface area contributed by atoms with E-state index in [0.717, 1.165) is 5.56 Å².